The fourth-order valence-corrected chi connectivity index (χ4v) is 0.654. The Morgan fingerprint density at radius 2 is 2.67 bits per heavy atom. The first kappa shape index (κ1) is 8.51. The molecule has 0 aliphatic carbocycles. The molecule has 1 aromatic rings. The molecule has 6 nitrogen and oxygen atoms in total. The van der Waals surface area contributed by atoms with Crippen LogP contribution < -0.4 is 5.32 Å². The van der Waals surface area contributed by atoms with Gasteiger partial charge in [0, 0.05) is 0 Å². The number of hydrogen-bond acceptors (Lipinski definition) is 4. The molecule has 66 valence electrons. The van der Waals surface area contributed by atoms with Crippen LogP contribution >= 0.6 is 0 Å². The predicted octanol–water partition coefficient (Wildman–Crippen LogP) is 0.0508. The van der Waals surface area contributed by atoms with Gasteiger partial charge < -0.3 is 10.1 Å². The first-order valence-corrected chi connectivity index (χ1v) is 3.57. The van der Waals surface area contributed by atoms with E-state index >= 15 is 0 Å². The SMILES string of the molecule is CCOC(=O)NCc1ncn[nH]1. The summed E-state index contributed by atoms with van der Waals surface area (Å²) < 4.78 is 4.63. The number of rotatable bonds is 3. The minimum Gasteiger partial charge on any atom is -0.450 e. The lowest BCUT2D eigenvalue weighted by Crippen LogP contribution is -2.24. The molecule has 12 heavy (non-hydrogen) atoms. The molecule has 1 rings (SSSR count). The Hall–Kier alpha value is -1.59. The van der Waals surface area contributed by atoms with Crippen molar-refractivity contribution in [2.24, 2.45) is 0 Å². The van der Waals surface area contributed by atoms with E-state index in [0.717, 1.165) is 0 Å². The largest absolute Gasteiger partial charge is 0.450 e. The number of nitrogens with one attached hydrogen (secondary N) is 2. The maximum Gasteiger partial charge on any atom is 0.407 e. The van der Waals surface area contributed by atoms with E-state index in [2.05, 4.69) is 25.2 Å². The Balaban J connectivity index is 2.22. The molecular weight excluding hydrogens is 160 g/mol. The number of aromatic nitrogens is 3. The van der Waals surface area contributed by atoms with E-state index in [0.29, 0.717) is 19.0 Å². The molecule has 6 heteroatoms. The summed E-state index contributed by atoms with van der Waals surface area (Å²) in [5.41, 5.74) is 0. The number of aromatic amines is 1. The van der Waals surface area contributed by atoms with E-state index in [1.54, 1.807) is 6.92 Å². The highest BCUT2D eigenvalue weighted by Gasteiger charge is 2.00. The summed E-state index contributed by atoms with van der Waals surface area (Å²) in [5.74, 6) is 0.600. The molecule has 0 aliphatic heterocycles. The van der Waals surface area contributed by atoms with Crippen molar-refractivity contribution in [1.82, 2.24) is 20.5 Å². The lowest BCUT2D eigenvalue weighted by Gasteiger charge is -2.01. The van der Waals surface area contributed by atoms with Gasteiger partial charge in [-0.15, -0.1) is 0 Å². The summed E-state index contributed by atoms with van der Waals surface area (Å²) in [5, 5.41) is 8.71. The lowest BCUT2D eigenvalue weighted by atomic mass is 10.6. The first-order chi connectivity index (χ1) is 5.83. The van der Waals surface area contributed by atoms with Crippen molar-refractivity contribution in [2.45, 2.75) is 13.5 Å². The quantitative estimate of drug-likeness (QED) is 0.671. The molecule has 1 amide bonds. The van der Waals surface area contributed by atoms with E-state index < -0.39 is 6.09 Å². The topological polar surface area (TPSA) is 79.9 Å². The molecular formula is C6H10N4O2. The average molecular weight is 170 g/mol. The van der Waals surface area contributed by atoms with Gasteiger partial charge in [-0.1, -0.05) is 0 Å². The molecule has 0 saturated heterocycles. The molecule has 1 heterocycles. The third kappa shape index (κ3) is 2.57. The van der Waals surface area contributed by atoms with Crippen LogP contribution in [0.5, 0.6) is 0 Å². The van der Waals surface area contributed by atoms with Gasteiger partial charge in [0.15, 0.2) is 0 Å². The van der Waals surface area contributed by atoms with E-state index in [4.69, 9.17) is 0 Å². The number of H-pyrrole nitrogens is 1. The summed E-state index contributed by atoms with van der Waals surface area (Å²) in [6.07, 6.45) is 0.927. The van der Waals surface area contributed by atoms with Crippen LogP contribution in [0, 0.1) is 0 Å². The number of carbonyl (C=O) groups is 1. The zero-order chi connectivity index (χ0) is 8.81. The number of ether oxygens (including phenoxy) is 1. The van der Waals surface area contributed by atoms with Gasteiger partial charge in [-0.05, 0) is 6.92 Å². The van der Waals surface area contributed by atoms with Crippen molar-refractivity contribution < 1.29 is 9.53 Å². The van der Waals surface area contributed by atoms with Gasteiger partial charge >= 0.3 is 6.09 Å². The van der Waals surface area contributed by atoms with Crippen LogP contribution in [0.3, 0.4) is 0 Å². The molecule has 1 aromatic heterocycles. The van der Waals surface area contributed by atoms with E-state index in [-0.39, 0.29) is 0 Å². The Labute approximate surface area is 69.3 Å². The van der Waals surface area contributed by atoms with Gasteiger partial charge in [0.05, 0.1) is 13.2 Å². The van der Waals surface area contributed by atoms with Crippen molar-refractivity contribution in [3.05, 3.63) is 12.2 Å². The van der Waals surface area contributed by atoms with Gasteiger partial charge in [0.2, 0.25) is 0 Å². The van der Waals surface area contributed by atoms with Gasteiger partial charge in [-0.25, -0.2) is 9.78 Å². The normalized spacial score (nSPS) is 9.42. The average Bonchev–Trinajstić information content (AvgIpc) is 2.53. The van der Waals surface area contributed by atoms with Crippen molar-refractivity contribution in [1.29, 1.82) is 0 Å². The number of alkyl carbamates (subject to hydrolysis) is 1. The van der Waals surface area contributed by atoms with Crippen molar-refractivity contribution in [3.63, 3.8) is 0 Å². The zero-order valence-electron chi connectivity index (χ0n) is 6.70. The molecule has 0 spiro atoms. The van der Waals surface area contributed by atoms with Crippen LogP contribution in [0.25, 0.3) is 0 Å². The minimum absolute atomic E-state index is 0.304. The number of amides is 1. The Morgan fingerprint density at radius 1 is 1.83 bits per heavy atom. The monoisotopic (exact) mass is 170 g/mol. The fraction of sp³-hybridized carbons (Fsp3) is 0.500. The molecule has 0 fully saturated rings. The number of carbonyl (C=O) groups excluding carboxylic acids is 1. The smallest absolute Gasteiger partial charge is 0.407 e. The molecule has 2 N–H and O–H groups in total. The molecule has 0 radical (unpaired) electrons. The maximum absolute atomic E-state index is 10.7. The van der Waals surface area contributed by atoms with Crippen LogP contribution in [0.4, 0.5) is 4.79 Å². The minimum atomic E-state index is -0.450. The first-order valence-electron chi connectivity index (χ1n) is 3.57. The highest BCUT2D eigenvalue weighted by molar-refractivity contribution is 5.66. The fourth-order valence-electron chi connectivity index (χ4n) is 0.654. The molecule has 0 aliphatic rings. The highest BCUT2D eigenvalue weighted by atomic mass is 16.5. The molecule has 0 bridgehead atoms. The standard InChI is InChI=1S/C6H10N4O2/c1-2-12-6(11)7-3-5-8-4-9-10-5/h4H,2-3H2,1H3,(H,7,11)(H,8,9,10). The summed E-state index contributed by atoms with van der Waals surface area (Å²) in [4.78, 5) is 14.6. The van der Waals surface area contributed by atoms with Crippen molar-refractivity contribution in [2.75, 3.05) is 6.61 Å². The van der Waals surface area contributed by atoms with Crippen LogP contribution in [-0.2, 0) is 11.3 Å². The second kappa shape index (κ2) is 4.32. The predicted molar refractivity (Wildman–Crippen MR) is 40.2 cm³/mol. The van der Waals surface area contributed by atoms with Gasteiger partial charge in [-0.3, -0.25) is 5.10 Å². The summed E-state index contributed by atoms with van der Waals surface area (Å²) in [6.45, 7) is 2.41. The second-order valence-corrected chi connectivity index (χ2v) is 2.01. The van der Waals surface area contributed by atoms with E-state index in [9.17, 15) is 4.79 Å². The van der Waals surface area contributed by atoms with Crippen LogP contribution in [0.1, 0.15) is 12.7 Å². The Kier molecular flexibility index (Phi) is 3.06. The summed E-state index contributed by atoms with van der Waals surface area (Å²) in [6, 6.07) is 0. The van der Waals surface area contributed by atoms with Crippen LogP contribution in [-0.4, -0.2) is 27.9 Å². The van der Waals surface area contributed by atoms with Gasteiger partial charge in [0.1, 0.15) is 12.2 Å². The van der Waals surface area contributed by atoms with E-state index in [1.165, 1.54) is 6.33 Å². The number of hydrogen-bond donors (Lipinski definition) is 2. The van der Waals surface area contributed by atoms with Crippen LogP contribution in [0.15, 0.2) is 6.33 Å². The van der Waals surface area contributed by atoms with E-state index in [1.807, 2.05) is 0 Å². The van der Waals surface area contributed by atoms with Crippen molar-refractivity contribution in [3.8, 4) is 0 Å². The second-order valence-electron chi connectivity index (χ2n) is 2.01. The Bertz CT molecular complexity index is 234. The van der Waals surface area contributed by atoms with Gasteiger partial charge in [-0.2, -0.15) is 5.10 Å². The third-order valence-corrected chi connectivity index (χ3v) is 1.14. The van der Waals surface area contributed by atoms with Crippen LogP contribution in [0.2, 0.25) is 0 Å². The lowest BCUT2D eigenvalue weighted by molar-refractivity contribution is 0.151. The summed E-state index contributed by atoms with van der Waals surface area (Å²) in [7, 11) is 0. The Morgan fingerprint density at radius 3 is 3.25 bits per heavy atom. The van der Waals surface area contributed by atoms with Crippen molar-refractivity contribution >= 4 is 6.09 Å². The molecule has 0 aromatic carbocycles. The molecule has 0 saturated carbocycles. The zero-order valence-corrected chi connectivity index (χ0v) is 6.70. The maximum atomic E-state index is 10.7. The summed E-state index contributed by atoms with van der Waals surface area (Å²) >= 11 is 0. The highest BCUT2D eigenvalue weighted by Crippen LogP contribution is 1.84. The molecule has 0 atom stereocenters. The molecule has 0 unspecified atom stereocenters. The third-order valence-electron chi connectivity index (χ3n) is 1.14. The number of nitrogens with zero attached hydrogens (tertiary/aromatic N) is 2. The van der Waals surface area contributed by atoms with Gasteiger partial charge in [0.25, 0.3) is 0 Å².